The summed E-state index contributed by atoms with van der Waals surface area (Å²) in [5.41, 5.74) is 11.1. The van der Waals surface area contributed by atoms with Gasteiger partial charge >= 0.3 is 0 Å². The summed E-state index contributed by atoms with van der Waals surface area (Å²) in [5.74, 6) is 0.618. The molecule has 3 aromatic rings. The average Bonchev–Trinajstić information content (AvgIpc) is 3.05. The summed E-state index contributed by atoms with van der Waals surface area (Å²) in [6.45, 7) is 0. The number of aryl methyl sites for hydroxylation is 1. The zero-order chi connectivity index (χ0) is 17.9. The maximum Gasteiger partial charge on any atom is 0.145 e. The van der Waals surface area contributed by atoms with Gasteiger partial charge in [-0.05, 0) is 42.2 Å². The highest BCUT2D eigenvalue weighted by Crippen LogP contribution is 2.31. The van der Waals surface area contributed by atoms with Crippen LogP contribution in [-0.2, 0) is 12.8 Å². The maximum atomic E-state index is 5.98. The van der Waals surface area contributed by atoms with E-state index in [4.69, 9.17) is 5.73 Å². The smallest absolute Gasteiger partial charge is 0.145 e. The summed E-state index contributed by atoms with van der Waals surface area (Å²) in [4.78, 5) is 0. The predicted molar refractivity (Wildman–Crippen MR) is 110 cm³/mol. The topological polar surface area (TPSA) is 55.9 Å². The Morgan fingerprint density at radius 3 is 2.73 bits per heavy atom. The Labute approximate surface area is 158 Å². The van der Waals surface area contributed by atoms with Gasteiger partial charge in [0.05, 0.1) is 6.04 Å². The van der Waals surface area contributed by atoms with Crippen LogP contribution in [0.3, 0.4) is 0 Å². The molecule has 0 saturated heterocycles. The zero-order valence-electron chi connectivity index (χ0n) is 14.9. The van der Waals surface area contributed by atoms with Crippen molar-refractivity contribution in [2.24, 2.45) is 0 Å². The standard InChI is InChI=1S/C21H24N4S/c1-26-24-19-11-10-18-14-21(22)23-25(18)20(19)13-15-6-5-9-17(12-15)16-7-3-2-4-8-16/h2-9,12,14,19-20,24H,10-11,13H2,1H3,(H2,22,23). The molecule has 1 aromatic heterocycles. The molecular formula is C21H24N4S. The molecule has 0 radical (unpaired) electrons. The summed E-state index contributed by atoms with van der Waals surface area (Å²) in [5, 5.41) is 4.59. The lowest BCUT2D eigenvalue weighted by Crippen LogP contribution is -2.40. The highest BCUT2D eigenvalue weighted by Gasteiger charge is 2.30. The number of fused-ring (bicyclic) bond motifs is 1. The van der Waals surface area contributed by atoms with E-state index >= 15 is 0 Å². The van der Waals surface area contributed by atoms with Gasteiger partial charge in [0.15, 0.2) is 0 Å². The molecule has 5 heteroatoms. The Balaban J connectivity index is 1.64. The molecule has 2 aromatic carbocycles. The molecule has 0 amide bonds. The van der Waals surface area contributed by atoms with E-state index in [1.807, 2.05) is 6.07 Å². The van der Waals surface area contributed by atoms with Gasteiger partial charge in [-0.1, -0.05) is 66.5 Å². The maximum absolute atomic E-state index is 5.98. The van der Waals surface area contributed by atoms with Gasteiger partial charge in [-0.3, -0.25) is 9.40 Å². The number of nitrogens with zero attached hydrogens (tertiary/aromatic N) is 2. The highest BCUT2D eigenvalue weighted by molar-refractivity contribution is 7.96. The van der Waals surface area contributed by atoms with Crippen molar-refractivity contribution in [3.63, 3.8) is 0 Å². The minimum atomic E-state index is 0.273. The minimum Gasteiger partial charge on any atom is -0.382 e. The molecule has 1 aliphatic rings. The first kappa shape index (κ1) is 17.2. The SMILES string of the molecule is CSNC1CCc2cc(N)nn2C1Cc1cccc(-c2ccccc2)c1. The first-order valence-corrected chi connectivity index (χ1v) is 10.2. The second kappa shape index (κ2) is 7.56. The molecule has 134 valence electrons. The lowest BCUT2D eigenvalue weighted by atomic mass is 9.91. The van der Waals surface area contributed by atoms with E-state index < -0.39 is 0 Å². The first-order valence-electron chi connectivity index (χ1n) is 9.01. The van der Waals surface area contributed by atoms with Crippen LogP contribution in [0.2, 0.25) is 0 Å². The second-order valence-electron chi connectivity index (χ2n) is 6.81. The quantitative estimate of drug-likeness (QED) is 0.669. The summed E-state index contributed by atoms with van der Waals surface area (Å²) < 4.78 is 5.71. The van der Waals surface area contributed by atoms with Crippen LogP contribution in [0, 0.1) is 0 Å². The monoisotopic (exact) mass is 364 g/mol. The summed E-state index contributed by atoms with van der Waals surface area (Å²) in [7, 11) is 0. The molecule has 0 bridgehead atoms. The fraction of sp³-hybridized carbons (Fsp3) is 0.286. The number of rotatable bonds is 5. The van der Waals surface area contributed by atoms with E-state index in [-0.39, 0.29) is 6.04 Å². The molecule has 0 saturated carbocycles. The van der Waals surface area contributed by atoms with Crippen LogP contribution in [-0.4, -0.2) is 22.1 Å². The Morgan fingerprint density at radius 1 is 1.12 bits per heavy atom. The van der Waals surface area contributed by atoms with Crippen molar-refractivity contribution >= 4 is 17.8 Å². The van der Waals surface area contributed by atoms with Crippen molar-refractivity contribution in [1.82, 2.24) is 14.5 Å². The third kappa shape index (κ3) is 3.50. The molecule has 2 unspecified atom stereocenters. The predicted octanol–water partition coefficient (Wildman–Crippen LogP) is 4.10. The molecule has 0 aliphatic carbocycles. The summed E-state index contributed by atoms with van der Waals surface area (Å²) in [6, 6.07) is 22.0. The fourth-order valence-electron chi connectivity index (χ4n) is 3.86. The van der Waals surface area contributed by atoms with Crippen molar-refractivity contribution in [2.75, 3.05) is 12.0 Å². The van der Waals surface area contributed by atoms with Gasteiger partial charge in [0.2, 0.25) is 0 Å². The van der Waals surface area contributed by atoms with Gasteiger partial charge in [-0.2, -0.15) is 5.10 Å². The Hall–Kier alpha value is -2.24. The highest BCUT2D eigenvalue weighted by atomic mass is 32.2. The van der Waals surface area contributed by atoms with E-state index in [1.54, 1.807) is 11.9 Å². The van der Waals surface area contributed by atoms with Gasteiger partial charge < -0.3 is 5.73 Å². The van der Waals surface area contributed by atoms with Crippen molar-refractivity contribution in [2.45, 2.75) is 31.3 Å². The number of nitrogens with one attached hydrogen (secondary N) is 1. The van der Waals surface area contributed by atoms with E-state index in [0.717, 1.165) is 19.3 Å². The van der Waals surface area contributed by atoms with Gasteiger partial charge in [0.1, 0.15) is 5.82 Å². The minimum absolute atomic E-state index is 0.273. The molecule has 0 spiro atoms. The van der Waals surface area contributed by atoms with Gasteiger partial charge in [0, 0.05) is 17.8 Å². The number of benzene rings is 2. The van der Waals surface area contributed by atoms with E-state index in [1.165, 1.54) is 22.4 Å². The Bertz CT molecular complexity index is 875. The molecule has 26 heavy (non-hydrogen) atoms. The fourth-order valence-corrected chi connectivity index (χ4v) is 4.44. The molecule has 0 fully saturated rings. The molecule has 4 nitrogen and oxygen atoms in total. The number of nitrogens with two attached hydrogens (primary N) is 1. The van der Waals surface area contributed by atoms with E-state index in [0.29, 0.717) is 11.9 Å². The van der Waals surface area contributed by atoms with Gasteiger partial charge in [-0.25, -0.2) is 0 Å². The third-order valence-electron chi connectivity index (χ3n) is 5.07. The lowest BCUT2D eigenvalue weighted by Gasteiger charge is -2.33. The number of hydrogen-bond acceptors (Lipinski definition) is 4. The van der Waals surface area contributed by atoms with E-state index in [2.05, 4.69) is 75.4 Å². The van der Waals surface area contributed by atoms with Crippen molar-refractivity contribution in [3.05, 3.63) is 71.9 Å². The Kier molecular flexibility index (Phi) is 5.00. The van der Waals surface area contributed by atoms with Crippen LogP contribution in [0.15, 0.2) is 60.7 Å². The number of aromatic nitrogens is 2. The van der Waals surface area contributed by atoms with Gasteiger partial charge in [0.25, 0.3) is 0 Å². The van der Waals surface area contributed by atoms with Crippen LogP contribution in [0.4, 0.5) is 5.82 Å². The van der Waals surface area contributed by atoms with Crippen molar-refractivity contribution in [3.8, 4) is 11.1 Å². The average molecular weight is 365 g/mol. The second-order valence-corrected chi connectivity index (χ2v) is 7.45. The lowest BCUT2D eigenvalue weighted by molar-refractivity contribution is 0.305. The zero-order valence-corrected chi connectivity index (χ0v) is 15.7. The third-order valence-corrected chi connectivity index (χ3v) is 5.61. The molecule has 2 atom stereocenters. The van der Waals surface area contributed by atoms with Crippen molar-refractivity contribution < 1.29 is 0 Å². The molecular weight excluding hydrogens is 340 g/mol. The van der Waals surface area contributed by atoms with Crippen LogP contribution in [0.5, 0.6) is 0 Å². The first-order chi connectivity index (χ1) is 12.7. The molecule has 1 aliphatic heterocycles. The van der Waals surface area contributed by atoms with E-state index in [9.17, 15) is 0 Å². The summed E-state index contributed by atoms with van der Waals surface area (Å²) >= 11 is 1.68. The molecule has 3 N–H and O–H groups in total. The number of anilines is 1. The number of hydrogen-bond donors (Lipinski definition) is 2. The van der Waals surface area contributed by atoms with Gasteiger partial charge in [-0.15, -0.1) is 0 Å². The normalized spacial score (nSPS) is 19.3. The number of nitrogen functional groups attached to an aromatic ring is 1. The van der Waals surface area contributed by atoms with Crippen LogP contribution in [0.1, 0.15) is 23.7 Å². The van der Waals surface area contributed by atoms with Crippen LogP contribution in [0.25, 0.3) is 11.1 Å². The Morgan fingerprint density at radius 2 is 1.92 bits per heavy atom. The largest absolute Gasteiger partial charge is 0.382 e. The van der Waals surface area contributed by atoms with Crippen molar-refractivity contribution in [1.29, 1.82) is 0 Å². The van der Waals surface area contributed by atoms with Crippen LogP contribution < -0.4 is 10.5 Å². The molecule has 4 rings (SSSR count). The van der Waals surface area contributed by atoms with Crippen LogP contribution >= 0.6 is 11.9 Å². The summed E-state index contributed by atoms with van der Waals surface area (Å²) in [6.07, 6.45) is 5.14. The molecule has 2 heterocycles.